The van der Waals surface area contributed by atoms with Gasteiger partial charge >= 0.3 is 0 Å². The lowest BCUT2D eigenvalue weighted by Gasteiger charge is -2.24. The fraction of sp³-hybridized carbons (Fsp3) is 0.429. The van der Waals surface area contributed by atoms with Crippen molar-refractivity contribution in [1.82, 2.24) is 5.32 Å². The Bertz CT molecular complexity index is 714. The smallest absolute Gasteiger partial charge is 0.163 e. The average Bonchev–Trinajstić information content (AvgIpc) is 2.62. The summed E-state index contributed by atoms with van der Waals surface area (Å²) in [5, 5.41) is 13.3. The van der Waals surface area contributed by atoms with Crippen LogP contribution in [0.15, 0.2) is 36.4 Å². The molecule has 0 amide bonds. The monoisotopic (exact) mass is 377 g/mol. The van der Waals surface area contributed by atoms with Crippen LogP contribution in [0.5, 0.6) is 11.5 Å². The van der Waals surface area contributed by atoms with Gasteiger partial charge in [-0.05, 0) is 44.9 Å². The molecule has 0 aliphatic rings. The van der Waals surface area contributed by atoms with Crippen LogP contribution >= 0.6 is 11.6 Å². The summed E-state index contributed by atoms with van der Waals surface area (Å²) in [5.41, 5.74) is 2.83. The topological polar surface area (TPSA) is 50.7 Å². The van der Waals surface area contributed by atoms with E-state index in [4.69, 9.17) is 21.1 Å². The van der Waals surface area contributed by atoms with E-state index in [9.17, 15) is 5.11 Å². The molecule has 0 aliphatic heterocycles. The summed E-state index contributed by atoms with van der Waals surface area (Å²) in [6, 6.07) is 11.9. The molecule has 2 rings (SSSR count). The lowest BCUT2D eigenvalue weighted by molar-refractivity contribution is 0.187. The Kier molecular flexibility index (Phi) is 7.33. The van der Waals surface area contributed by atoms with E-state index in [0.717, 1.165) is 11.1 Å². The second-order valence-electron chi connectivity index (χ2n) is 6.99. The minimum absolute atomic E-state index is 0.0423. The van der Waals surface area contributed by atoms with Crippen molar-refractivity contribution in [3.63, 3.8) is 0 Å². The third kappa shape index (κ3) is 5.90. The van der Waals surface area contributed by atoms with Crippen LogP contribution in [-0.4, -0.2) is 23.9 Å². The van der Waals surface area contributed by atoms with Crippen LogP contribution in [0, 0.1) is 6.92 Å². The first-order valence-electron chi connectivity index (χ1n) is 8.84. The number of hydrogen-bond acceptors (Lipinski definition) is 4. The molecule has 142 valence electrons. The largest absolute Gasteiger partial charge is 0.490 e. The molecule has 5 heteroatoms. The van der Waals surface area contributed by atoms with E-state index in [1.54, 1.807) is 6.07 Å². The van der Waals surface area contributed by atoms with Crippen molar-refractivity contribution in [1.29, 1.82) is 0 Å². The summed E-state index contributed by atoms with van der Waals surface area (Å²) in [5.74, 6) is 1.30. The molecule has 0 atom stereocenters. The molecule has 0 radical (unpaired) electrons. The Hall–Kier alpha value is -1.75. The van der Waals surface area contributed by atoms with Crippen molar-refractivity contribution in [2.45, 2.75) is 46.4 Å². The van der Waals surface area contributed by atoms with Crippen LogP contribution in [0.3, 0.4) is 0 Å². The van der Waals surface area contributed by atoms with Gasteiger partial charge in [0.1, 0.15) is 6.61 Å². The number of halogens is 1. The zero-order valence-corrected chi connectivity index (χ0v) is 16.7. The van der Waals surface area contributed by atoms with Gasteiger partial charge in [0.2, 0.25) is 0 Å². The van der Waals surface area contributed by atoms with Gasteiger partial charge in [-0.15, -0.1) is 0 Å². The Labute approximate surface area is 161 Å². The quantitative estimate of drug-likeness (QED) is 0.676. The highest BCUT2D eigenvalue weighted by molar-refractivity contribution is 6.31. The van der Waals surface area contributed by atoms with Crippen LogP contribution in [0.1, 0.15) is 37.5 Å². The molecule has 0 fully saturated rings. The minimum Gasteiger partial charge on any atom is -0.490 e. The number of hydrogen-bond donors (Lipinski definition) is 2. The molecule has 0 unspecified atom stereocenters. The standard InChI is InChI=1S/C21H28ClNO3/c1-5-25-19-10-17(12-23-21(3,4)14-24)18(22)11-20(19)26-13-16-8-6-15(2)7-9-16/h6-11,23-24H,5,12-14H2,1-4H3. The van der Waals surface area contributed by atoms with Crippen molar-refractivity contribution in [3.05, 3.63) is 58.1 Å². The predicted octanol–water partition coefficient (Wildman–Crippen LogP) is 4.49. The van der Waals surface area contributed by atoms with Gasteiger partial charge in [-0.2, -0.15) is 0 Å². The normalized spacial score (nSPS) is 11.5. The summed E-state index contributed by atoms with van der Waals surface area (Å²) in [6.45, 7) is 9.43. The Morgan fingerprint density at radius 2 is 1.73 bits per heavy atom. The minimum atomic E-state index is -0.379. The maximum Gasteiger partial charge on any atom is 0.163 e. The predicted molar refractivity (Wildman–Crippen MR) is 106 cm³/mol. The van der Waals surface area contributed by atoms with E-state index >= 15 is 0 Å². The summed E-state index contributed by atoms with van der Waals surface area (Å²) in [4.78, 5) is 0. The Morgan fingerprint density at radius 3 is 2.35 bits per heavy atom. The number of benzene rings is 2. The summed E-state index contributed by atoms with van der Waals surface area (Å²) >= 11 is 6.44. The molecule has 0 saturated carbocycles. The van der Waals surface area contributed by atoms with Crippen molar-refractivity contribution in [2.24, 2.45) is 0 Å². The van der Waals surface area contributed by atoms with Crippen molar-refractivity contribution in [2.75, 3.05) is 13.2 Å². The Balaban J connectivity index is 2.15. The maximum atomic E-state index is 9.38. The fourth-order valence-corrected chi connectivity index (χ4v) is 2.55. The van der Waals surface area contributed by atoms with E-state index in [-0.39, 0.29) is 12.1 Å². The van der Waals surface area contributed by atoms with Crippen LogP contribution < -0.4 is 14.8 Å². The number of aliphatic hydroxyl groups is 1. The third-order valence-corrected chi connectivity index (χ3v) is 4.43. The molecule has 0 bridgehead atoms. The van der Waals surface area contributed by atoms with Gasteiger partial charge in [0, 0.05) is 23.2 Å². The summed E-state index contributed by atoms with van der Waals surface area (Å²) in [6.07, 6.45) is 0. The molecule has 2 aromatic carbocycles. The third-order valence-electron chi connectivity index (χ3n) is 4.08. The van der Waals surface area contributed by atoms with Gasteiger partial charge in [-0.1, -0.05) is 41.4 Å². The van der Waals surface area contributed by atoms with E-state index in [0.29, 0.717) is 36.3 Å². The zero-order valence-electron chi connectivity index (χ0n) is 15.9. The van der Waals surface area contributed by atoms with E-state index in [1.165, 1.54) is 5.56 Å². The van der Waals surface area contributed by atoms with Gasteiger partial charge in [-0.3, -0.25) is 0 Å². The average molecular weight is 378 g/mol. The molecule has 4 nitrogen and oxygen atoms in total. The first-order valence-corrected chi connectivity index (χ1v) is 9.22. The van der Waals surface area contributed by atoms with Crippen LogP contribution in [0.2, 0.25) is 5.02 Å². The highest BCUT2D eigenvalue weighted by atomic mass is 35.5. The first kappa shape index (κ1) is 20.6. The Morgan fingerprint density at radius 1 is 1.08 bits per heavy atom. The lowest BCUT2D eigenvalue weighted by atomic mass is 10.1. The van der Waals surface area contributed by atoms with Gasteiger partial charge in [-0.25, -0.2) is 0 Å². The van der Waals surface area contributed by atoms with Crippen molar-refractivity contribution >= 4 is 11.6 Å². The summed E-state index contributed by atoms with van der Waals surface area (Å²) in [7, 11) is 0. The zero-order chi connectivity index (χ0) is 19.2. The number of rotatable bonds is 9. The van der Waals surface area contributed by atoms with Gasteiger partial charge < -0.3 is 19.9 Å². The number of aliphatic hydroxyl groups excluding tert-OH is 1. The fourth-order valence-electron chi connectivity index (χ4n) is 2.33. The van der Waals surface area contributed by atoms with Crippen LogP contribution in [0.25, 0.3) is 0 Å². The van der Waals surface area contributed by atoms with Crippen LogP contribution in [-0.2, 0) is 13.2 Å². The highest BCUT2D eigenvalue weighted by Crippen LogP contribution is 2.34. The van der Waals surface area contributed by atoms with Crippen molar-refractivity contribution in [3.8, 4) is 11.5 Å². The second-order valence-corrected chi connectivity index (χ2v) is 7.40. The summed E-state index contributed by atoms with van der Waals surface area (Å²) < 4.78 is 11.7. The highest BCUT2D eigenvalue weighted by Gasteiger charge is 2.17. The number of ether oxygens (including phenoxy) is 2. The molecule has 2 N–H and O–H groups in total. The molecule has 0 aliphatic carbocycles. The molecular weight excluding hydrogens is 350 g/mol. The number of aryl methyl sites for hydroxylation is 1. The van der Waals surface area contributed by atoms with Gasteiger partial charge in [0.25, 0.3) is 0 Å². The van der Waals surface area contributed by atoms with Gasteiger partial charge in [0.05, 0.1) is 13.2 Å². The van der Waals surface area contributed by atoms with E-state index in [1.807, 2.05) is 39.0 Å². The number of nitrogens with one attached hydrogen (secondary N) is 1. The maximum absolute atomic E-state index is 9.38. The second kappa shape index (κ2) is 9.26. The van der Waals surface area contributed by atoms with Gasteiger partial charge in [0.15, 0.2) is 11.5 Å². The molecule has 0 aromatic heterocycles. The van der Waals surface area contributed by atoms with Crippen LogP contribution in [0.4, 0.5) is 0 Å². The molecule has 0 spiro atoms. The lowest BCUT2D eigenvalue weighted by Crippen LogP contribution is -2.42. The molecule has 0 heterocycles. The SMILES string of the molecule is CCOc1cc(CNC(C)(C)CO)c(Cl)cc1OCc1ccc(C)cc1. The molecule has 2 aromatic rings. The molecular formula is C21H28ClNO3. The molecule has 26 heavy (non-hydrogen) atoms. The molecule has 0 saturated heterocycles. The van der Waals surface area contributed by atoms with E-state index < -0.39 is 0 Å². The van der Waals surface area contributed by atoms with E-state index in [2.05, 4.69) is 24.4 Å². The first-order chi connectivity index (χ1) is 12.3. The van der Waals surface area contributed by atoms with Crippen molar-refractivity contribution < 1.29 is 14.6 Å².